The van der Waals surface area contributed by atoms with Crippen LogP contribution < -0.4 is 10.2 Å². The van der Waals surface area contributed by atoms with E-state index in [2.05, 4.69) is 25.2 Å². The highest BCUT2D eigenvalue weighted by molar-refractivity contribution is 5.52. The first-order chi connectivity index (χ1) is 8.43. The smallest absolute Gasteiger partial charge is 0.226 e. The Hall–Kier alpha value is -1.95. The van der Waals surface area contributed by atoms with Crippen molar-refractivity contribution in [2.75, 3.05) is 31.1 Å². The van der Waals surface area contributed by atoms with Gasteiger partial charge >= 0.3 is 0 Å². The van der Waals surface area contributed by atoms with Crippen LogP contribution in [0.25, 0.3) is 11.5 Å². The van der Waals surface area contributed by atoms with Crippen molar-refractivity contribution in [3.05, 3.63) is 24.9 Å². The molecule has 0 spiro atoms. The van der Waals surface area contributed by atoms with E-state index >= 15 is 0 Å². The molecule has 1 saturated heterocycles. The molecular weight excluding hydrogens is 218 g/mol. The zero-order valence-electron chi connectivity index (χ0n) is 9.33. The molecule has 3 heterocycles. The minimum absolute atomic E-state index is 0.670. The Morgan fingerprint density at radius 2 is 2.18 bits per heavy atom. The molecule has 2 aromatic rings. The average Bonchev–Trinajstić information content (AvgIpc) is 2.94. The molecule has 1 aliphatic rings. The first-order valence-corrected chi connectivity index (χ1v) is 5.61. The SMILES string of the molecule is c1cc(-c2cnco2)nc(N2CCNCC2)n1. The van der Waals surface area contributed by atoms with E-state index in [0.29, 0.717) is 5.76 Å². The van der Waals surface area contributed by atoms with Gasteiger partial charge in [0, 0.05) is 32.4 Å². The lowest BCUT2D eigenvalue weighted by Crippen LogP contribution is -2.44. The second kappa shape index (κ2) is 4.50. The molecule has 0 radical (unpaired) electrons. The number of nitrogens with zero attached hydrogens (tertiary/aromatic N) is 4. The Labute approximate surface area is 98.7 Å². The molecule has 88 valence electrons. The molecule has 0 aliphatic carbocycles. The Morgan fingerprint density at radius 1 is 1.29 bits per heavy atom. The lowest BCUT2D eigenvalue weighted by Gasteiger charge is -2.27. The molecule has 1 N–H and O–H groups in total. The van der Waals surface area contributed by atoms with Gasteiger partial charge in [0.05, 0.1) is 6.20 Å². The predicted molar refractivity (Wildman–Crippen MR) is 62.6 cm³/mol. The zero-order valence-corrected chi connectivity index (χ0v) is 9.33. The summed E-state index contributed by atoms with van der Waals surface area (Å²) in [4.78, 5) is 14.8. The van der Waals surface area contributed by atoms with Crippen LogP contribution in [0.2, 0.25) is 0 Å². The van der Waals surface area contributed by atoms with E-state index < -0.39 is 0 Å². The number of anilines is 1. The van der Waals surface area contributed by atoms with Gasteiger partial charge in [0.2, 0.25) is 5.95 Å². The van der Waals surface area contributed by atoms with Crippen molar-refractivity contribution in [2.45, 2.75) is 0 Å². The van der Waals surface area contributed by atoms with Crippen LogP contribution in [0.3, 0.4) is 0 Å². The Morgan fingerprint density at radius 3 is 2.94 bits per heavy atom. The molecule has 1 aliphatic heterocycles. The van der Waals surface area contributed by atoms with Crippen molar-refractivity contribution in [3.63, 3.8) is 0 Å². The van der Waals surface area contributed by atoms with Gasteiger partial charge in [0.25, 0.3) is 0 Å². The normalized spacial score (nSPS) is 16.1. The summed E-state index contributed by atoms with van der Waals surface area (Å²) in [6.07, 6.45) is 4.81. The van der Waals surface area contributed by atoms with Crippen LogP contribution in [0.4, 0.5) is 5.95 Å². The van der Waals surface area contributed by atoms with Crippen molar-refractivity contribution in [1.82, 2.24) is 20.3 Å². The van der Waals surface area contributed by atoms with Crippen molar-refractivity contribution in [3.8, 4) is 11.5 Å². The highest BCUT2D eigenvalue weighted by Gasteiger charge is 2.14. The van der Waals surface area contributed by atoms with E-state index in [0.717, 1.165) is 37.8 Å². The summed E-state index contributed by atoms with van der Waals surface area (Å²) in [7, 11) is 0. The van der Waals surface area contributed by atoms with E-state index in [1.807, 2.05) is 6.07 Å². The van der Waals surface area contributed by atoms with Crippen molar-refractivity contribution < 1.29 is 4.42 Å². The van der Waals surface area contributed by atoms with E-state index in [1.165, 1.54) is 6.39 Å². The quantitative estimate of drug-likeness (QED) is 0.813. The third-order valence-electron chi connectivity index (χ3n) is 2.73. The van der Waals surface area contributed by atoms with Gasteiger partial charge < -0.3 is 14.6 Å². The summed E-state index contributed by atoms with van der Waals surface area (Å²) < 4.78 is 5.23. The Balaban J connectivity index is 1.88. The zero-order chi connectivity index (χ0) is 11.5. The average molecular weight is 231 g/mol. The maximum atomic E-state index is 5.23. The lowest BCUT2D eigenvalue weighted by atomic mass is 10.3. The van der Waals surface area contributed by atoms with Gasteiger partial charge in [-0.2, -0.15) is 0 Å². The number of nitrogens with one attached hydrogen (secondary N) is 1. The molecule has 1 fully saturated rings. The van der Waals surface area contributed by atoms with Gasteiger partial charge in [-0.25, -0.2) is 15.0 Å². The second-order valence-electron chi connectivity index (χ2n) is 3.84. The molecule has 3 rings (SSSR count). The Bertz CT molecular complexity index is 478. The molecule has 6 heteroatoms. The molecule has 2 aromatic heterocycles. The van der Waals surface area contributed by atoms with Gasteiger partial charge in [-0.3, -0.25) is 0 Å². The fraction of sp³-hybridized carbons (Fsp3) is 0.364. The molecule has 0 aromatic carbocycles. The number of rotatable bonds is 2. The van der Waals surface area contributed by atoms with Crippen molar-refractivity contribution in [2.24, 2.45) is 0 Å². The topological polar surface area (TPSA) is 67.1 Å². The van der Waals surface area contributed by atoms with E-state index in [4.69, 9.17) is 4.42 Å². The number of hydrogen-bond donors (Lipinski definition) is 1. The number of piperazine rings is 1. The maximum Gasteiger partial charge on any atom is 0.226 e. The fourth-order valence-corrected chi connectivity index (χ4v) is 1.85. The molecule has 0 saturated carbocycles. The highest BCUT2D eigenvalue weighted by atomic mass is 16.3. The summed E-state index contributed by atoms with van der Waals surface area (Å²) in [5, 5.41) is 3.30. The number of oxazole rings is 1. The van der Waals surface area contributed by atoms with Gasteiger partial charge in [0.1, 0.15) is 5.69 Å². The molecular formula is C11H13N5O. The third-order valence-corrected chi connectivity index (χ3v) is 2.73. The van der Waals surface area contributed by atoms with E-state index in [1.54, 1.807) is 12.4 Å². The molecule has 6 nitrogen and oxygen atoms in total. The standard InChI is InChI=1S/C11H13N5O/c1-2-14-11(16-5-3-12-4-6-16)15-9(1)10-7-13-8-17-10/h1-2,7-8,12H,3-6H2. The van der Waals surface area contributed by atoms with Crippen molar-refractivity contribution in [1.29, 1.82) is 0 Å². The predicted octanol–water partition coefficient (Wildman–Crippen LogP) is 0.541. The summed E-state index contributed by atoms with van der Waals surface area (Å²) >= 11 is 0. The van der Waals surface area contributed by atoms with Crippen LogP contribution in [-0.2, 0) is 0 Å². The van der Waals surface area contributed by atoms with Gasteiger partial charge in [-0.15, -0.1) is 0 Å². The lowest BCUT2D eigenvalue weighted by molar-refractivity contribution is 0.566. The van der Waals surface area contributed by atoms with Crippen LogP contribution in [0.5, 0.6) is 0 Å². The molecule has 0 unspecified atom stereocenters. The van der Waals surface area contributed by atoms with Crippen LogP contribution >= 0.6 is 0 Å². The van der Waals surface area contributed by atoms with Gasteiger partial charge in [-0.1, -0.05) is 0 Å². The fourth-order valence-electron chi connectivity index (χ4n) is 1.85. The highest BCUT2D eigenvalue weighted by Crippen LogP contribution is 2.18. The van der Waals surface area contributed by atoms with Crippen LogP contribution in [0, 0.1) is 0 Å². The van der Waals surface area contributed by atoms with E-state index in [9.17, 15) is 0 Å². The number of aromatic nitrogens is 3. The summed E-state index contributed by atoms with van der Waals surface area (Å²) in [5.41, 5.74) is 0.769. The van der Waals surface area contributed by atoms with E-state index in [-0.39, 0.29) is 0 Å². The monoisotopic (exact) mass is 231 g/mol. The largest absolute Gasteiger partial charge is 0.442 e. The number of hydrogen-bond acceptors (Lipinski definition) is 6. The minimum atomic E-state index is 0.670. The second-order valence-corrected chi connectivity index (χ2v) is 3.84. The summed E-state index contributed by atoms with van der Waals surface area (Å²) in [6, 6.07) is 1.83. The first kappa shape index (κ1) is 10.2. The molecule has 0 amide bonds. The van der Waals surface area contributed by atoms with Crippen LogP contribution in [-0.4, -0.2) is 41.1 Å². The minimum Gasteiger partial charge on any atom is -0.442 e. The molecule has 0 bridgehead atoms. The van der Waals surface area contributed by atoms with Crippen molar-refractivity contribution >= 4 is 5.95 Å². The van der Waals surface area contributed by atoms with Crippen LogP contribution in [0.1, 0.15) is 0 Å². The maximum absolute atomic E-state index is 5.23. The first-order valence-electron chi connectivity index (χ1n) is 5.61. The Kier molecular flexibility index (Phi) is 2.71. The molecule has 0 atom stereocenters. The summed E-state index contributed by atoms with van der Waals surface area (Å²) in [6.45, 7) is 3.80. The van der Waals surface area contributed by atoms with Crippen LogP contribution in [0.15, 0.2) is 29.3 Å². The summed E-state index contributed by atoms with van der Waals surface area (Å²) in [5.74, 6) is 1.42. The van der Waals surface area contributed by atoms with Gasteiger partial charge in [0.15, 0.2) is 12.2 Å². The van der Waals surface area contributed by atoms with Gasteiger partial charge in [-0.05, 0) is 6.07 Å². The third kappa shape index (κ3) is 2.12. The molecule has 17 heavy (non-hydrogen) atoms.